The predicted octanol–water partition coefficient (Wildman–Crippen LogP) is 4.97. The van der Waals surface area contributed by atoms with E-state index in [1.807, 2.05) is 6.07 Å². The summed E-state index contributed by atoms with van der Waals surface area (Å²) in [5.74, 6) is 0.230. The van der Waals surface area contributed by atoms with Crippen LogP contribution in [0.3, 0.4) is 0 Å². The third kappa shape index (κ3) is 3.87. The van der Waals surface area contributed by atoms with E-state index in [0.29, 0.717) is 44.7 Å². The smallest absolute Gasteiger partial charge is 0.262 e. The zero-order valence-corrected chi connectivity index (χ0v) is 22.4. The molecule has 0 spiro atoms. The zero-order chi connectivity index (χ0) is 28.0. The monoisotopic (exact) mass is 589 g/mol. The van der Waals surface area contributed by atoms with E-state index in [4.69, 9.17) is 27.9 Å². The van der Waals surface area contributed by atoms with E-state index in [0.717, 1.165) is 12.1 Å². The van der Waals surface area contributed by atoms with Crippen LogP contribution in [0.4, 0.5) is 10.1 Å². The van der Waals surface area contributed by atoms with Crippen molar-refractivity contribution in [2.45, 2.75) is 18.4 Å². The Kier molecular flexibility index (Phi) is 5.20. The summed E-state index contributed by atoms with van der Waals surface area (Å²) in [6, 6.07) is 13.4. The van der Waals surface area contributed by atoms with Gasteiger partial charge in [-0.3, -0.25) is 9.59 Å². The molecule has 0 unspecified atom stereocenters. The first-order valence-electron chi connectivity index (χ1n) is 12.8. The van der Waals surface area contributed by atoms with Gasteiger partial charge in [-0.1, -0.05) is 34.5 Å². The van der Waals surface area contributed by atoms with Crippen LogP contribution in [-0.4, -0.2) is 42.0 Å². The Hall–Kier alpha value is -4.48. The van der Waals surface area contributed by atoms with Gasteiger partial charge < -0.3 is 19.6 Å². The van der Waals surface area contributed by atoms with Gasteiger partial charge in [0.15, 0.2) is 11.8 Å². The van der Waals surface area contributed by atoms with Crippen molar-refractivity contribution in [3.05, 3.63) is 92.7 Å². The molecule has 3 aromatic heterocycles. The molecule has 13 heteroatoms. The first-order chi connectivity index (χ1) is 19.8. The number of halogens is 3. The fourth-order valence-electron chi connectivity index (χ4n) is 5.98. The normalized spacial score (nSPS) is 20.2. The van der Waals surface area contributed by atoms with Crippen molar-refractivity contribution < 1.29 is 13.9 Å². The second kappa shape index (κ2) is 8.76. The number of amides is 1. The molecule has 0 bridgehead atoms. The van der Waals surface area contributed by atoms with Crippen LogP contribution in [-0.2, 0) is 4.79 Å². The Labute approximate surface area is 240 Å². The Morgan fingerprint density at radius 3 is 2.76 bits per heavy atom. The van der Waals surface area contributed by atoms with Crippen LogP contribution < -0.4 is 15.6 Å². The molecule has 3 atom stereocenters. The second-order valence-corrected chi connectivity index (χ2v) is 11.1. The largest absolute Gasteiger partial charge is 0.482 e. The Morgan fingerprint density at radius 2 is 1.93 bits per heavy atom. The number of imidazole rings is 1. The van der Waals surface area contributed by atoms with Crippen molar-refractivity contribution in [1.82, 2.24) is 29.5 Å². The quantitative estimate of drug-likeness (QED) is 0.305. The number of hydrogen-bond donors (Lipinski definition) is 2. The number of ether oxygens (including phenoxy) is 1. The van der Waals surface area contributed by atoms with Gasteiger partial charge in [0.25, 0.3) is 11.5 Å². The molecule has 41 heavy (non-hydrogen) atoms. The number of hydrogen-bond acceptors (Lipinski definition) is 6. The van der Waals surface area contributed by atoms with Crippen molar-refractivity contribution in [1.29, 1.82) is 0 Å². The van der Waals surface area contributed by atoms with E-state index < -0.39 is 12.0 Å². The number of rotatable bonds is 4. The molecule has 8 rings (SSSR count). The van der Waals surface area contributed by atoms with Gasteiger partial charge in [0.1, 0.15) is 17.3 Å². The summed E-state index contributed by atoms with van der Waals surface area (Å²) >= 11 is 12.3. The van der Waals surface area contributed by atoms with Gasteiger partial charge in [0, 0.05) is 33.8 Å². The summed E-state index contributed by atoms with van der Waals surface area (Å²) in [6.45, 7) is -0.110. The molecule has 2 aliphatic heterocycles. The lowest BCUT2D eigenvalue weighted by molar-refractivity contribution is -0.118. The van der Waals surface area contributed by atoms with E-state index in [2.05, 4.69) is 25.6 Å². The Bertz CT molecular complexity index is 1980. The molecule has 1 amide bonds. The van der Waals surface area contributed by atoms with Crippen LogP contribution in [0, 0.1) is 11.9 Å². The maximum atomic E-state index is 15.2. The van der Waals surface area contributed by atoms with Crippen LogP contribution >= 0.6 is 23.2 Å². The van der Waals surface area contributed by atoms with Gasteiger partial charge in [-0.05, 0) is 54.3 Å². The minimum atomic E-state index is -0.606. The summed E-state index contributed by atoms with van der Waals surface area (Å²) in [6.07, 6.45) is 2.44. The van der Waals surface area contributed by atoms with Crippen LogP contribution in [0.25, 0.3) is 28.1 Å². The summed E-state index contributed by atoms with van der Waals surface area (Å²) in [4.78, 5) is 32.6. The molecule has 2 aromatic carbocycles. The second-order valence-electron chi connectivity index (χ2n) is 10.3. The highest BCUT2D eigenvalue weighted by molar-refractivity contribution is 6.31. The third-order valence-corrected chi connectivity index (χ3v) is 8.24. The number of carbonyl (C=O) groups excluding carboxylic acids is 1. The van der Waals surface area contributed by atoms with Crippen molar-refractivity contribution in [2.75, 3.05) is 11.9 Å². The minimum absolute atomic E-state index is 0.110. The summed E-state index contributed by atoms with van der Waals surface area (Å²) in [5.41, 5.74) is 3.83. The lowest BCUT2D eigenvalue weighted by Crippen LogP contribution is -2.26. The molecular formula is C28H18Cl2FN7O3. The van der Waals surface area contributed by atoms with Crippen LogP contribution in [0.2, 0.25) is 10.2 Å². The number of anilines is 1. The lowest BCUT2D eigenvalue weighted by atomic mass is 10.0. The highest BCUT2D eigenvalue weighted by Gasteiger charge is 2.54. The first kappa shape index (κ1) is 24.3. The van der Waals surface area contributed by atoms with E-state index in [1.54, 1.807) is 53.2 Å². The fourth-order valence-corrected chi connectivity index (χ4v) is 6.28. The number of fused-ring (bicyclic) bond motifs is 4. The van der Waals surface area contributed by atoms with Gasteiger partial charge >= 0.3 is 0 Å². The number of benzene rings is 2. The van der Waals surface area contributed by atoms with Crippen molar-refractivity contribution >= 4 is 34.8 Å². The number of nitrogens with one attached hydrogen (secondary N) is 2. The summed E-state index contributed by atoms with van der Waals surface area (Å²) < 4.78 is 24.0. The van der Waals surface area contributed by atoms with Gasteiger partial charge in [-0.2, -0.15) is 4.39 Å². The molecule has 0 saturated heterocycles. The predicted molar refractivity (Wildman–Crippen MR) is 148 cm³/mol. The van der Waals surface area contributed by atoms with E-state index in [-0.39, 0.29) is 40.8 Å². The average molecular weight is 590 g/mol. The summed E-state index contributed by atoms with van der Waals surface area (Å²) in [7, 11) is 0. The van der Waals surface area contributed by atoms with Gasteiger partial charge in [0.05, 0.1) is 23.6 Å². The molecule has 5 heterocycles. The number of nitrogens with zero attached hydrogens (tertiary/aromatic N) is 5. The molecule has 204 valence electrons. The molecule has 0 radical (unpaired) electrons. The Morgan fingerprint density at radius 1 is 1.05 bits per heavy atom. The SMILES string of the molecule is O=C1COc2cc(-c3nc([C@@H]4[C@H]5C[C@H]5c5cc(-c6cc(Cl)ccc6-n6cc(Cl)nn6)cc(=O)n54)[nH]c3F)ccc2N1. The van der Waals surface area contributed by atoms with Gasteiger partial charge in [-0.25, -0.2) is 9.67 Å². The molecule has 2 N–H and O–H groups in total. The van der Waals surface area contributed by atoms with E-state index in [9.17, 15) is 9.59 Å². The standard InChI is InChI=1S/C28H18Cl2FN7O3/c29-14-2-4-19(37-10-22(30)35-36-37)15(8-14)13-5-20-16-9-17(16)26(38(20)24(40)7-13)28-33-25(27(31)34-28)12-1-3-18-21(6-12)41-11-23(39)32-18/h1-8,10,16-17,26H,9,11H2,(H,32,39)(H,33,34)/t16-,17+,26+/m1/s1. The number of aromatic amines is 1. The Balaban J connectivity index is 1.19. The van der Waals surface area contributed by atoms with Crippen molar-refractivity contribution in [3.63, 3.8) is 0 Å². The molecule has 10 nitrogen and oxygen atoms in total. The fraction of sp³-hybridized carbons (Fsp3) is 0.179. The highest BCUT2D eigenvalue weighted by atomic mass is 35.5. The van der Waals surface area contributed by atoms with Crippen LogP contribution in [0.5, 0.6) is 5.75 Å². The molecule has 1 saturated carbocycles. The van der Waals surface area contributed by atoms with E-state index in [1.165, 1.54) is 4.68 Å². The zero-order valence-electron chi connectivity index (χ0n) is 20.9. The lowest BCUT2D eigenvalue weighted by Gasteiger charge is -2.18. The molecule has 5 aromatic rings. The van der Waals surface area contributed by atoms with E-state index >= 15 is 4.39 Å². The summed E-state index contributed by atoms with van der Waals surface area (Å²) in [5, 5.41) is 11.4. The maximum Gasteiger partial charge on any atom is 0.262 e. The van der Waals surface area contributed by atoms with Crippen molar-refractivity contribution in [2.24, 2.45) is 5.92 Å². The van der Waals surface area contributed by atoms with Crippen molar-refractivity contribution in [3.8, 4) is 33.8 Å². The van der Waals surface area contributed by atoms with Crippen LogP contribution in [0.1, 0.15) is 29.9 Å². The van der Waals surface area contributed by atoms with Gasteiger partial charge in [0.2, 0.25) is 5.95 Å². The number of carbonyl (C=O) groups is 1. The van der Waals surface area contributed by atoms with Gasteiger partial charge in [-0.15, -0.1) is 5.10 Å². The molecule has 3 aliphatic rings. The molecule has 1 fully saturated rings. The number of pyridine rings is 1. The third-order valence-electron chi connectivity index (χ3n) is 7.83. The average Bonchev–Trinajstić information content (AvgIpc) is 3.27. The maximum absolute atomic E-state index is 15.2. The molecular weight excluding hydrogens is 572 g/mol. The first-order valence-corrected chi connectivity index (χ1v) is 13.6. The highest BCUT2D eigenvalue weighted by Crippen LogP contribution is 2.60. The number of aromatic nitrogens is 6. The minimum Gasteiger partial charge on any atom is -0.482 e. The molecule has 1 aliphatic carbocycles. The topological polar surface area (TPSA) is 120 Å². The number of H-pyrrole nitrogens is 1. The van der Waals surface area contributed by atoms with Crippen LogP contribution in [0.15, 0.2) is 59.5 Å².